The Bertz CT molecular complexity index is 1060. The van der Waals surface area contributed by atoms with Crippen molar-refractivity contribution in [1.29, 1.82) is 0 Å². The number of alkyl halides is 1. The first kappa shape index (κ1) is 21.5. The van der Waals surface area contributed by atoms with Gasteiger partial charge in [-0.15, -0.1) is 11.6 Å². The molecule has 0 saturated heterocycles. The van der Waals surface area contributed by atoms with Crippen LogP contribution in [0.4, 0.5) is 0 Å². The van der Waals surface area contributed by atoms with E-state index < -0.39 is 6.04 Å². The highest BCUT2D eigenvalue weighted by Gasteiger charge is 2.23. The van der Waals surface area contributed by atoms with E-state index in [4.69, 9.17) is 30.5 Å². The van der Waals surface area contributed by atoms with Gasteiger partial charge in [-0.2, -0.15) is 0 Å². The number of pyridine rings is 1. The zero-order valence-electron chi connectivity index (χ0n) is 17.2. The molecule has 158 valence electrons. The number of halogens is 1. The first-order chi connectivity index (χ1) is 14.6. The Hall–Kier alpha value is -3.19. The average molecular weight is 431 g/mol. The molecule has 0 spiro atoms. The Labute approximate surface area is 179 Å². The van der Waals surface area contributed by atoms with Crippen LogP contribution in [0.5, 0.6) is 23.0 Å². The fraction of sp³-hybridized carbons (Fsp3) is 0.273. The molecule has 0 radical (unpaired) electrons. The lowest BCUT2D eigenvalue weighted by atomic mass is 9.97. The van der Waals surface area contributed by atoms with Gasteiger partial charge in [0.2, 0.25) is 5.91 Å². The number of hydrogen-bond acceptors (Lipinski definition) is 6. The van der Waals surface area contributed by atoms with Crippen LogP contribution in [0.15, 0.2) is 42.6 Å². The van der Waals surface area contributed by atoms with E-state index in [0.29, 0.717) is 28.7 Å². The number of methoxy groups -OCH3 is 4. The number of fused-ring (bicyclic) bond motifs is 1. The highest BCUT2D eigenvalue weighted by Crippen LogP contribution is 2.37. The number of rotatable bonds is 8. The third-order valence-electron chi connectivity index (χ3n) is 4.74. The van der Waals surface area contributed by atoms with E-state index in [1.807, 2.05) is 24.3 Å². The molecule has 3 rings (SSSR count). The summed E-state index contributed by atoms with van der Waals surface area (Å²) in [4.78, 5) is 16.8. The van der Waals surface area contributed by atoms with Crippen molar-refractivity contribution in [3.8, 4) is 23.0 Å². The van der Waals surface area contributed by atoms with Crippen LogP contribution in [0.3, 0.4) is 0 Å². The maximum atomic E-state index is 12.2. The molecule has 0 aliphatic carbocycles. The molecule has 0 unspecified atom stereocenters. The maximum Gasteiger partial charge on any atom is 0.235 e. The highest BCUT2D eigenvalue weighted by atomic mass is 35.5. The van der Waals surface area contributed by atoms with Crippen molar-refractivity contribution in [3.05, 3.63) is 53.9 Å². The van der Waals surface area contributed by atoms with Crippen molar-refractivity contribution < 1.29 is 23.7 Å². The molecular weight excluding hydrogens is 408 g/mol. The topological polar surface area (TPSA) is 78.9 Å². The third kappa shape index (κ3) is 4.21. The lowest BCUT2D eigenvalue weighted by Crippen LogP contribution is -2.31. The van der Waals surface area contributed by atoms with Gasteiger partial charge < -0.3 is 24.3 Å². The molecule has 0 fully saturated rings. The van der Waals surface area contributed by atoms with Crippen LogP contribution in [0.25, 0.3) is 10.8 Å². The molecular formula is C22H23ClN2O5. The Kier molecular flexibility index (Phi) is 6.84. The van der Waals surface area contributed by atoms with Gasteiger partial charge in [0.25, 0.3) is 0 Å². The first-order valence-electron chi connectivity index (χ1n) is 9.14. The predicted molar refractivity (Wildman–Crippen MR) is 115 cm³/mol. The van der Waals surface area contributed by atoms with Crippen LogP contribution < -0.4 is 24.3 Å². The number of amides is 1. The normalized spacial score (nSPS) is 11.6. The quantitative estimate of drug-likeness (QED) is 0.549. The van der Waals surface area contributed by atoms with Gasteiger partial charge in [0.15, 0.2) is 23.0 Å². The average Bonchev–Trinajstić information content (AvgIpc) is 2.80. The minimum absolute atomic E-state index is 0.175. The zero-order chi connectivity index (χ0) is 21.7. The molecule has 8 heteroatoms. The summed E-state index contributed by atoms with van der Waals surface area (Å²) < 4.78 is 21.6. The largest absolute Gasteiger partial charge is 0.493 e. The first-order valence-corrected chi connectivity index (χ1v) is 9.67. The van der Waals surface area contributed by atoms with Crippen molar-refractivity contribution in [2.24, 2.45) is 0 Å². The van der Waals surface area contributed by atoms with E-state index in [9.17, 15) is 4.79 Å². The lowest BCUT2D eigenvalue weighted by Gasteiger charge is -2.22. The second kappa shape index (κ2) is 9.54. The molecule has 1 atom stereocenters. The fourth-order valence-corrected chi connectivity index (χ4v) is 3.37. The number of aromatic nitrogens is 1. The summed E-state index contributed by atoms with van der Waals surface area (Å²) in [5.74, 6) is 1.80. The summed E-state index contributed by atoms with van der Waals surface area (Å²) in [5, 5.41) is 4.65. The van der Waals surface area contributed by atoms with E-state index >= 15 is 0 Å². The SMILES string of the molecule is COc1ccc([C@@H](NC(=O)CCl)c2nccc3cc(OC)c(OC)cc23)cc1OC. The molecule has 3 aromatic rings. The minimum Gasteiger partial charge on any atom is -0.493 e. The third-order valence-corrected chi connectivity index (χ3v) is 4.98. The van der Waals surface area contributed by atoms with Crippen LogP contribution in [-0.2, 0) is 4.79 Å². The van der Waals surface area contributed by atoms with Crippen LogP contribution in [0.1, 0.15) is 17.3 Å². The van der Waals surface area contributed by atoms with E-state index in [1.165, 1.54) is 0 Å². The molecule has 1 amide bonds. The van der Waals surface area contributed by atoms with Gasteiger partial charge in [-0.1, -0.05) is 6.07 Å². The molecule has 1 N–H and O–H groups in total. The molecule has 1 aromatic heterocycles. The van der Waals surface area contributed by atoms with Crippen molar-refractivity contribution in [3.63, 3.8) is 0 Å². The van der Waals surface area contributed by atoms with Crippen molar-refractivity contribution in [2.75, 3.05) is 34.3 Å². The summed E-state index contributed by atoms with van der Waals surface area (Å²) in [6, 6.07) is 10.4. The summed E-state index contributed by atoms with van der Waals surface area (Å²) in [6.45, 7) is 0. The number of carbonyl (C=O) groups excluding carboxylic acids is 1. The monoisotopic (exact) mass is 430 g/mol. The molecule has 0 saturated carbocycles. The van der Waals surface area contributed by atoms with Gasteiger partial charge in [-0.25, -0.2) is 0 Å². The number of nitrogens with one attached hydrogen (secondary N) is 1. The fourth-order valence-electron chi connectivity index (χ4n) is 3.29. The van der Waals surface area contributed by atoms with Gasteiger partial charge in [0.1, 0.15) is 5.88 Å². The molecule has 2 aromatic carbocycles. The van der Waals surface area contributed by atoms with E-state index in [1.54, 1.807) is 46.8 Å². The summed E-state index contributed by atoms with van der Waals surface area (Å²) in [5.41, 5.74) is 1.40. The number of carbonyl (C=O) groups is 1. The van der Waals surface area contributed by atoms with Crippen LogP contribution in [-0.4, -0.2) is 45.2 Å². The smallest absolute Gasteiger partial charge is 0.235 e. The predicted octanol–water partition coefficient (Wildman–Crippen LogP) is 3.71. The van der Waals surface area contributed by atoms with Crippen molar-refractivity contribution in [2.45, 2.75) is 6.04 Å². The van der Waals surface area contributed by atoms with Crippen LogP contribution in [0, 0.1) is 0 Å². The molecule has 0 aliphatic heterocycles. The Morgan fingerprint density at radius 3 is 2.20 bits per heavy atom. The Morgan fingerprint density at radius 2 is 1.57 bits per heavy atom. The Morgan fingerprint density at radius 1 is 0.933 bits per heavy atom. The van der Waals surface area contributed by atoms with Crippen molar-refractivity contribution in [1.82, 2.24) is 10.3 Å². The van der Waals surface area contributed by atoms with E-state index in [-0.39, 0.29) is 11.8 Å². The van der Waals surface area contributed by atoms with Gasteiger partial charge in [0.05, 0.1) is 40.2 Å². The molecule has 0 bridgehead atoms. The van der Waals surface area contributed by atoms with E-state index in [0.717, 1.165) is 16.3 Å². The van der Waals surface area contributed by atoms with Gasteiger partial charge >= 0.3 is 0 Å². The zero-order valence-corrected chi connectivity index (χ0v) is 17.9. The number of hydrogen-bond donors (Lipinski definition) is 1. The number of ether oxygens (including phenoxy) is 4. The van der Waals surface area contributed by atoms with Crippen LogP contribution in [0.2, 0.25) is 0 Å². The Balaban J connectivity index is 2.22. The molecule has 0 aliphatic rings. The van der Waals surface area contributed by atoms with Gasteiger partial charge in [0, 0.05) is 11.6 Å². The van der Waals surface area contributed by atoms with Gasteiger partial charge in [-0.3, -0.25) is 9.78 Å². The molecule has 7 nitrogen and oxygen atoms in total. The molecule has 30 heavy (non-hydrogen) atoms. The maximum absolute atomic E-state index is 12.2. The number of benzene rings is 2. The highest BCUT2D eigenvalue weighted by molar-refractivity contribution is 6.27. The lowest BCUT2D eigenvalue weighted by molar-refractivity contribution is -0.119. The van der Waals surface area contributed by atoms with Gasteiger partial charge in [-0.05, 0) is 41.3 Å². The second-order valence-electron chi connectivity index (χ2n) is 6.37. The van der Waals surface area contributed by atoms with Crippen molar-refractivity contribution >= 4 is 28.3 Å². The summed E-state index contributed by atoms with van der Waals surface area (Å²) in [7, 11) is 6.28. The summed E-state index contributed by atoms with van der Waals surface area (Å²) in [6.07, 6.45) is 1.68. The second-order valence-corrected chi connectivity index (χ2v) is 6.64. The standard InChI is InChI=1S/C22H23ClN2O5/c1-27-16-6-5-14(10-17(16)28-2)21(25-20(26)12-23)22-15-11-19(30-4)18(29-3)9-13(15)7-8-24-22/h5-11,21H,12H2,1-4H3,(H,25,26)/t21-/m1/s1. The molecule has 1 heterocycles. The number of nitrogens with zero attached hydrogens (tertiary/aromatic N) is 1. The minimum atomic E-state index is -0.571. The van der Waals surface area contributed by atoms with Crippen LogP contribution >= 0.6 is 11.6 Å². The summed E-state index contributed by atoms with van der Waals surface area (Å²) >= 11 is 5.77. The van der Waals surface area contributed by atoms with E-state index in [2.05, 4.69) is 10.3 Å².